The summed E-state index contributed by atoms with van der Waals surface area (Å²) in [7, 11) is 0. The first-order chi connectivity index (χ1) is 15.2. The van der Waals surface area contributed by atoms with E-state index < -0.39 is 0 Å². The number of pyridine rings is 1. The van der Waals surface area contributed by atoms with Crippen molar-refractivity contribution in [3.63, 3.8) is 0 Å². The maximum atomic E-state index is 12.9. The standard InChI is InChI=1S/C22H24N6O3/c1-3-27-14-16(13-24-27)19-8-9-20(31-19)22(29)25-18-15-28(11-12-30-4-2)26-21(18)17-7-5-6-10-23-17/h5-10,13-15H,3-4,11-12H2,1-2H3,(H,25,29)/p+1. The molecule has 0 atom stereocenters. The van der Waals surface area contributed by atoms with Crippen LogP contribution in [-0.4, -0.2) is 39.0 Å². The van der Waals surface area contributed by atoms with Crippen LogP contribution in [0, 0.1) is 0 Å². The van der Waals surface area contributed by atoms with Crippen LogP contribution < -0.4 is 10.00 Å². The Bertz CT molecular complexity index is 1150. The van der Waals surface area contributed by atoms with Crippen molar-refractivity contribution in [2.75, 3.05) is 18.5 Å². The minimum atomic E-state index is -0.345. The number of hydrogen-bond donors (Lipinski definition) is 2. The second-order valence-electron chi connectivity index (χ2n) is 6.84. The zero-order chi connectivity index (χ0) is 21.6. The fourth-order valence-corrected chi connectivity index (χ4v) is 3.15. The number of rotatable bonds is 9. The predicted octanol–water partition coefficient (Wildman–Crippen LogP) is 3.13. The predicted molar refractivity (Wildman–Crippen MR) is 114 cm³/mol. The lowest BCUT2D eigenvalue weighted by Crippen LogP contribution is -2.37. The van der Waals surface area contributed by atoms with Crippen molar-refractivity contribution in [2.45, 2.75) is 26.9 Å². The van der Waals surface area contributed by atoms with Gasteiger partial charge in [0.15, 0.2) is 18.0 Å². The number of amides is 1. The van der Waals surface area contributed by atoms with Crippen molar-refractivity contribution < 1.29 is 18.6 Å². The van der Waals surface area contributed by atoms with E-state index >= 15 is 0 Å². The van der Waals surface area contributed by atoms with Gasteiger partial charge in [-0.15, -0.1) is 4.68 Å². The Morgan fingerprint density at radius 2 is 2.19 bits per heavy atom. The van der Waals surface area contributed by atoms with E-state index in [0.717, 1.165) is 17.8 Å². The number of hydrogen-bond acceptors (Lipinski definition) is 5. The Morgan fingerprint density at radius 3 is 2.94 bits per heavy atom. The number of carbonyl (C=O) groups is 1. The molecule has 4 heterocycles. The van der Waals surface area contributed by atoms with Crippen molar-refractivity contribution in [2.24, 2.45) is 0 Å². The van der Waals surface area contributed by atoms with E-state index in [9.17, 15) is 4.79 Å². The fourth-order valence-electron chi connectivity index (χ4n) is 3.15. The maximum Gasteiger partial charge on any atom is 0.291 e. The number of nitrogens with zero attached hydrogens (tertiary/aromatic N) is 4. The van der Waals surface area contributed by atoms with Gasteiger partial charge in [0.05, 0.1) is 17.5 Å². The molecule has 0 aliphatic heterocycles. The average molecular weight is 421 g/mol. The average Bonchev–Trinajstić information content (AvgIpc) is 3.54. The molecule has 0 saturated carbocycles. The van der Waals surface area contributed by atoms with Gasteiger partial charge >= 0.3 is 0 Å². The summed E-state index contributed by atoms with van der Waals surface area (Å²) in [6, 6.07) is 9.05. The summed E-state index contributed by atoms with van der Waals surface area (Å²) < 4.78 is 14.9. The van der Waals surface area contributed by atoms with Crippen molar-refractivity contribution >= 4 is 11.6 Å². The maximum absolute atomic E-state index is 12.9. The molecule has 2 N–H and O–H groups in total. The molecule has 4 aromatic rings. The molecule has 31 heavy (non-hydrogen) atoms. The quantitative estimate of drug-likeness (QED) is 0.319. The third-order valence-electron chi connectivity index (χ3n) is 4.73. The van der Waals surface area contributed by atoms with Crippen LogP contribution in [0.4, 0.5) is 5.69 Å². The highest BCUT2D eigenvalue weighted by Crippen LogP contribution is 2.25. The van der Waals surface area contributed by atoms with Crippen LogP contribution in [0.1, 0.15) is 24.4 Å². The molecule has 0 spiro atoms. The van der Waals surface area contributed by atoms with E-state index in [4.69, 9.17) is 9.15 Å². The van der Waals surface area contributed by atoms with Gasteiger partial charge in [-0.1, -0.05) is 6.07 Å². The Morgan fingerprint density at radius 1 is 1.29 bits per heavy atom. The molecule has 0 radical (unpaired) electrons. The second kappa shape index (κ2) is 9.40. The molecule has 9 heteroatoms. The van der Waals surface area contributed by atoms with E-state index in [2.05, 4.69) is 20.5 Å². The van der Waals surface area contributed by atoms with Gasteiger partial charge in [0.1, 0.15) is 18.1 Å². The van der Waals surface area contributed by atoms with Gasteiger partial charge in [-0.25, -0.2) is 0 Å². The van der Waals surface area contributed by atoms with Crippen molar-refractivity contribution in [1.29, 1.82) is 0 Å². The molecule has 0 aliphatic carbocycles. The summed E-state index contributed by atoms with van der Waals surface area (Å²) >= 11 is 0. The minimum Gasteiger partial charge on any atom is -0.451 e. The van der Waals surface area contributed by atoms with Gasteiger partial charge in [0, 0.05) is 25.5 Å². The fraction of sp³-hybridized carbons (Fsp3) is 0.273. The topological polar surface area (TPSA) is 102 Å². The molecular formula is C22H25N6O3+. The first-order valence-electron chi connectivity index (χ1n) is 10.2. The van der Waals surface area contributed by atoms with Crippen LogP contribution in [0.2, 0.25) is 0 Å². The molecule has 0 saturated heterocycles. The molecule has 1 amide bonds. The van der Waals surface area contributed by atoms with Gasteiger partial charge < -0.3 is 14.5 Å². The number of aromatic amines is 1. The first kappa shape index (κ1) is 20.5. The number of anilines is 1. The number of H-pyrrole nitrogens is 1. The van der Waals surface area contributed by atoms with Crippen molar-refractivity contribution in [3.8, 4) is 22.7 Å². The number of carbonyl (C=O) groups excluding carboxylic acids is 1. The van der Waals surface area contributed by atoms with Crippen LogP contribution in [0.3, 0.4) is 0 Å². The number of ether oxygens (including phenoxy) is 1. The molecule has 0 aliphatic rings. The van der Waals surface area contributed by atoms with Gasteiger partial charge in [0.2, 0.25) is 6.20 Å². The SMILES string of the molecule is CCOCC[n+]1cc(NC(=O)c2ccc(-c3cnn(CC)c3)o2)c(-c2ccccn2)[nH]1. The molecule has 0 aromatic carbocycles. The second-order valence-corrected chi connectivity index (χ2v) is 6.84. The molecule has 9 nitrogen and oxygen atoms in total. The van der Waals surface area contributed by atoms with Crippen LogP contribution in [0.15, 0.2) is 59.5 Å². The highest BCUT2D eigenvalue weighted by molar-refractivity contribution is 6.04. The number of aromatic nitrogens is 5. The highest BCUT2D eigenvalue weighted by Gasteiger charge is 2.21. The van der Waals surface area contributed by atoms with Crippen LogP contribution in [0.25, 0.3) is 22.7 Å². The lowest BCUT2D eigenvalue weighted by molar-refractivity contribution is -0.750. The summed E-state index contributed by atoms with van der Waals surface area (Å²) in [6.45, 7) is 6.56. The summed E-state index contributed by atoms with van der Waals surface area (Å²) in [6.07, 6.45) is 7.14. The zero-order valence-electron chi connectivity index (χ0n) is 17.5. The highest BCUT2D eigenvalue weighted by atomic mass is 16.5. The van der Waals surface area contributed by atoms with Crippen molar-refractivity contribution in [1.82, 2.24) is 19.9 Å². The third kappa shape index (κ3) is 4.72. The van der Waals surface area contributed by atoms with Crippen LogP contribution >= 0.6 is 0 Å². The minimum absolute atomic E-state index is 0.216. The van der Waals surface area contributed by atoms with Gasteiger partial charge in [-0.3, -0.25) is 14.5 Å². The normalized spacial score (nSPS) is 11.0. The van der Waals surface area contributed by atoms with E-state index in [1.807, 2.05) is 49.1 Å². The lowest BCUT2D eigenvalue weighted by atomic mass is 10.2. The van der Waals surface area contributed by atoms with E-state index in [1.54, 1.807) is 29.2 Å². The largest absolute Gasteiger partial charge is 0.451 e. The molecule has 0 bridgehead atoms. The first-order valence-corrected chi connectivity index (χ1v) is 10.2. The number of nitrogens with one attached hydrogen (secondary N) is 2. The molecule has 4 rings (SSSR count). The summed E-state index contributed by atoms with van der Waals surface area (Å²) in [4.78, 5) is 17.3. The third-order valence-corrected chi connectivity index (χ3v) is 4.73. The zero-order valence-corrected chi connectivity index (χ0v) is 17.5. The van der Waals surface area contributed by atoms with Gasteiger partial charge in [0.25, 0.3) is 5.91 Å². The summed E-state index contributed by atoms with van der Waals surface area (Å²) in [5.41, 5.74) is 2.86. The molecule has 160 valence electrons. The Kier molecular flexibility index (Phi) is 6.23. The summed E-state index contributed by atoms with van der Waals surface area (Å²) in [5, 5.41) is 10.4. The van der Waals surface area contributed by atoms with Gasteiger partial charge in [-0.2, -0.15) is 10.2 Å². The summed E-state index contributed by atoms with van der Waals surface area (Å²) in [5.74, 6) is 0.464. The molecule has 0 unspecified atom stereocenters. The Balaban J connectivity index is 1.55. The van der Waals surface area contributed by atoms with Gasteiger partial charge in [-0.05, 0) is 38.1 Å². The van der Waals surface area contributed by atoms with E-state index in [0.29, 0.717) is 36.9 Å². The Hall–Kier alpha value is -3.72. The van der Waals surface area contributed by atoms with Crippen molar-refractivity contribution in [3.05, 3.63) is 60.9 Å². The number of aryl methyl sites for hydroxylation is 1. The Labute approximate surface area is 179 Å². The molecule has 0 fully saturated rings. The van der Waals surface area contributed by atoms with E-state index in [-0.39, 0.29) is 11.7 Å². The lowest BCUT2D eigenvalue weighted by Gasteiger charge is -2.01. The number of furan rings is 1. The van der Waals surface area contributed by atoms with E-state index in [1.165, 1.54) is 0 Å². The monoisotopic (exact) mass is 421 g/mol. The van der Waals surface area contributed by atoms with Crippen LogP contribution in [0.5, 0.6) is 0 Å². The van der Waals surface area contributed by atoms with Crippen LogP contribution in [-0.2, 0) is 17.8 Å². The smallest absolute Gasteiger partial charge is 0.291 e. The molecule has 4 aromatic heterocycles. The molecular weight excluding hydrogens is 396 g/mol.